The van der Waals surface area contributed by atoms with Crippen molar-refractivity contribution in [2.75, 3.05) is 24.7 Å². The third kappa shape index (κ3) is 4.53. The summed E-state index contributed by atoms with van der Waals surface area (Å²) < 4.78 is 1.41. The number of aromatic nitrogens is 4. The van der Waals surface area contributed by atoms with E-state index < -0.39 is 0 Å². The average molecular weight is 437 g/mol. The van der Waals surface area contributed by atoms with Crippen molar-refractivity contribution in [2.24, 2.45) is 0 Å². The minimum atomic E-state index is 0.0563. The zero-order valence-corrected chi connectivity index (χ0v) is 18.0. The third-order valence-corrected chi connectivity index (χ3v) is 6.49. The molecule has 0 radical (unpaired) electrons. The molecule has 0 saturated heterocycles. The summed E-state index contributed by atoms with van der Waals surface area (Å²) in [5.74, 6) is 7.02. The van der Waals surface area contributed by atoms with Crippen LogP contribution in [0.4, 0.5) is 0 Å². The van der Waals surface area contributed by atoms with Gasteiger partial charge in [0.1, 0.15) is 0 Å². The standard InChI is InChI=1S/C18H21ClN6OS2/c1-3-24(4-2)15(26)11-28-18-23-22-17(25(18)20)27-10-13-14(19)8-7-12-6-5-9-21-16(12)13/h5-9H,3-4,10-11,20H2,1-2H3. The fraction of sp³-hybridized carbons (Fsp3) is 0.333. The molecule has 1 amide bonds. The number of hydrogen-bond donors (Lipinski definition) is 1. The van der Waals surface area contributed by atoms with Gasteiger partial charge in [-0.25, -0.2) is 4.68 Å². The van der Waals surface area contributed by atoms with Gasteiger partial charge in [0.2, 0.25) is 16.2 Å². The molecule has 3 rings (SSSR count). The van der Waals surface area contributed by atoms with Crippen molar-refractivity contribution in [1.82, 2.24) is 24.8 Å². The molecule has 0 fully saturated rings. The van der Waals surface area contributed by atoms with Crippen LogP contribution in [0.25, 0.3) is 10.9 Å². The highest BCUT2D eigenvalue weighted by Gasteiger charge is 2.16. The molecule has 0 atom stereocenters. The lowest BCUT2D eigenvalue weighted by Crippen LogP contribution is -2.32. The van der Waals surface area contributed by atoms with E-state index in [0.29, 0.717) is 34.2 Å². The molecule has 0 saturated carbocycles. The smallest absolute Gasteiger partial charge is 0.233 e. The van der Waals surface area contributed by atoms with Crippen molar-refractivity contribution in [3.8, 4) is 0 Å². The number of halogens is 1. The number of hydrogen-bond acceptors (Lipinski definition) is 7. The molecule has 10 heteroatoms. The number of benzene rings is 1. The average Bonchev–Trinajstić information content (AvgIpc) is 3.06. The summed E-state index contributed by atoms with van der Waals surface area (Å²) in [6.07, 6.45) is 1.75. The number of nitrogens with zero attached hydrogens (tertiary/aromatic N) is 5. The maximum Gasteiger partial charge on any atom is 0.233 e. The lowest BCUT2D eigenvalue weighted by Gasteiger charge is -2.17. The Balaban J connectivity index is 1.69. The van der Waals surface area contributed by atoms with E-state index in [1.807, 2.05) is 38.1 Å². The van der Waals surface area contributed by atoms with Crippen LogP contribution < -0.4 is 5.84 Å². The van der Waals surface area contributed by atoms with Gasteiger partial charge in [0.05, 0.1) is 11.3 Å². The molecule has 0 aliphatic carbocycles. The molecular weight excluding hydrogens is 416 g/mol. The van der Waals surface area contributed by atoms with E-state index in [9.17, 15) is 4.79 Å². The first-order valence-corrected chi connectivity index (χ1v) is 11.2. The van der Waals surface area contributed by atoms with Gasteiger partial charge in [-0.15, -0.1) is 10.2 Å². The molecule has 28 heavy (non-hydrogen) atoms. The first-order valence-electron chi connectivity index (χ1n) is 8.81. The van der Waals surface area contributed by atoms with Gasteiger partial charge in [0, 0.05) is 41.0 Å². The first-order chi connectivity index (χ1) is 13.5. The van der Waals surface area contributed by atoms with Crippen LogP contribution in [0.1, 0.15) is 19.4 Å². The van der Waals surface area contributed by atoms with E-state index in [0.717, 1.165) is 16.5 Å². The van der Waals surface area contributed by atoms with Gasteiger partial charge in [-0.1, -0.05) is 47.3 Å². The van der Waals surface area contributed by atoms with E-state index in [4.69, 9.17) is 17.4 Å². The van der Waals surface area contributed by atoms with Crippen LogP contribution in [-0.2, 0) is 10.5 Å². The molecule has 0 aliphatic heterocycles. The second kappa shape index (κ2) is 9.49. The van der Waals surface area contributed by atoms with Crippen LogP contribution in [0.3, 0.4) is 0 Å². The molecule has 2 N–H and O–H groups in total. The number of carbonyl (C=O) groups is 1. The van der Waals surface area contributed by atoms with Gasteiger partial charge in [0.25, 0.3) is 0 Å². The van der Waals surface area contributed by atoms with Gasteiger partial charge in [-0.3, -0.25) is 9.78 Å². The summed E-state index contributed by atoms with van der Waals surface area (Å²) in [6, 6.07) is 7.72. The Hall–Kier alpha value is -1.97. The lowest BCUT2D eigenvalue weighted by atomic mass is 10.1. The minimum Gasteiger partial charge on any atom is -0.343 e. The van der Waals surface area contributed by atoms with Crippen molar-refractivity contribution >= 4 is 51.9 Å². The van der Waals surface area contributed by atoms with E-state index in [1.165, 1.54) is 28.2 Å². The fourth-order valence-electron chi connectivity index (χ4n) is 2.71. The van der Waals surface area contributed by atoms with Gasteiger partial charge < -0.3 is 10.7 Å². The van der Waals surface area contributed by atoms with E-state index >= 15 is 0 Å². The number of rotatable bonds is 8. The molecule has 0 aliphatic rings. The Morgan fingerprint density at radius 1 is 1.18 bits per heavy atom. The minimum absolute atomic E-state index is 0.0563. The number of thioether (sulfide) groups is 2. The molecule has 7 nitrogen and oxygen atoms in total. The molecule has 3 aromatic rings. The Morgan fingerprint density at radius 3 is 2.61 bits per heavy atom. The van der Waals surface area contributed by atoms with E-state index in [-0.39, 0.29) is 11.7 Å². The number of pyridine rings is 1. The number of amides is 1. The highest BCUT2D eigenvalue weighted by Crippen LogP contribution is 2.31. The Bertz CT molecular complexity index is 976. The molecule has 148 valence electrons. The lowest BCUT2D eigenvalue weighted by molar-refractivity contribution is -0.127. The molecule has 2 heterocycles. The zero-order chi connectivity index (χ0) is 20.1. The number of fused-ring (bicyclic) bond motifs is 1. The third-order valence-electron chi connectivity index (χ3n) is 4.24. The SMILES string of the molecule is CCN(CC)C(=O)CSc1nnc(SCc2c(Cl)ccc3cccnc23)n1N. The van der Waals surface area contributed by atoms with Crippen LogP contribution in [0, 0.1) is 0 Å². The van der Waals surface area contributed by atoms with Crippen LogP contribution >= 0.6 is 35.1 Å². The van der Waals surface area contributed by atoms with Gasteiger partial charge in [0.15, 0.2) is 0 Å². The monoisotopic (exact) mass is 436 g/mol. The highest BCUT2D eigenvalue weighted by atomic mass is 35.5. The Morgan fingerprint density at radius 2 is 1.89 bits per heavy atom. The van der Waals surface area contributed by atoms with Crippen molar-refractivity contribution in [2.45, 2.75) is 29.9 Å². The fourth-order valence-corrected chi connectivity index (χ4v) is 4.71. The van der Waals surface area contributed by atoms with E-state index in [1.54, 1.807) is 11.1 Å². The van der Waals surface area contributed by atoms with Gasteiger partial charge >= 0.3 is 0 Å². The normalized spacial score (nSPS) is 11.1. The van der Waals surface area contributed by atoms with Gasteiger partial charge in [-0.05, 0) is 26.0 Å². The molecule has 1 aromatic carbocycles. The summed E-state index contributed by atoms with van der Waals surface area (Å²) in [7, 11) is 0. The summed E-state index contributed by atoms with van der Waals surface area (Å²) in [5, 5.41) is 11.0. The summed E-state index contributed by atoms with van der Waals surface area (Å²) >= 11 is 9.10. The zero-order valence-electron chi connectivity index (χ0n) is 15.6. The number of carbonyl (C=O) groups excluding carboxylic acids is 1. The summed E-state index contributed by atoms with van der Waals surface area (Å²) in [5.41, 5.74) is 1.80. The first kappa shape index (κ1) is 20.8. The highest BCUT2D eigenvalue weighted by molar-refractivity contribution is 8.00. The summed E-state index contributed by atoms with van der Waals surface area (Å²) in [4.78, 5) is 18.4. The topological polar surface area (TPSA) is 89.9 Å². The van der Waals surface area contributed by atoms with Crippen molar-refractivity contribution in [3.05, 3.63) is 41.0 Å². The van der Waals surface area contributed by atoms with E-state index in [2.05, 4.69) is 15.2 Å². The Kier molecular flexibility index (Phi) is 7.03. The van der Waals surface area contributed by atoms with Gasteiger partial charge in [-0.2, -0.15) is 0 Å². The second-order valence-corrected chi connectivity index (χ2v) is 8.17. The predicted octanol–water partition coefficient (Wildman–Crippen LogP) is 3.45. The number of nitrogens with two attached hydrogens (primary N) is 1. The van der Waals surface area contributed by atoms with Crippen LogP contribution in [-0.4, -0.2) is 49.5 Å². The maximum absolute atomic E-state index is 12.1. The van der Waals surface area contributed by atoms with Crippen molar-refractivity contribution in [1.29, 1.82) is 0 Å². The maximum atomic E-state index is 12.1. The quantitative estimate of drug-likeness (QED) is 0.427. The molecule has 0 bridgehead atoms. The largest absolute Gasteiger partial charge is 0.343 e. The molecule has 0 unspecified atom stereocenters. The van der Waals surface area contributed by atoms with Crippen LogP contribution in [0.2, 0.25) is 5.02 Å². The molecular formula is C18H21ClN6OS2. The number of nitrogen functional groups attached to an aromatic ring is 1. The molecule has 2 aromatic heterocycles. The second-order valence-electron chi connectivity index (χ2n) is 5.88. The van der Waals surface area contributed by atoms with Crippen LogP contribution in [0.15, 0.2) is 40.8 Å². The van der Waals surface area contributed by atoms with Crippen molar-refractivity contribution < 1.29 is 4.79 Å². The van der Waals surface area contributed by atoms with Crippen LogP contribution in [0.5, 0.6) is 0 Å². The summed E-state index contributed by atoms with van der Waals surface area (Å²) in [6.45, 7) is 5.29. The Labute approximate surface area is 177 Å². The van der Waals surface area contributed by atoms with Crippen molar-refractivity contribution in [3.63, 3.8) is 0 Å². The predicted molar refractivity (Wildman–Crippen MR) is 115 cm³/mol. The molecule has 0 spiro atoms.